The maximum Gasteiger partial charge on any atom is 0.272 e. The minimum Gasteiger partial charge on any atom is -0.388 e. The first kappa shape index (κ1) is 10.9. The normalized spacial score (nSPS) is 25.8. The number of carbonyl (C=O) groups is 1. The number of aliphatic hydroxyl groups is 1. The van der Waals surface area contributed by atoms with Gasteiger partial charge in [-0.2, -0.15) is 5.10 Å². The molecule has 0 aromatic carbocycles. The van der Waals surface area contributed by atoms with Gasteiger partial charge in [-0.15, -0.1) is 0 Å². The topological polar surface area (TPSA) is 95.2 Å². The van der Waals surface area contributed by atoms with Crippen molar-refractivity contribution in [1.29, 1.82) is 0 Å². The van der Waals surface area contributed by atoms with E-state index in [4.69, 9.17) is 5.73 Å². The van der Waals surface area contributed by atoms with Crippen LogP contribution >= 0.6 is 0 Å². The molecule has 1 aromatic heterocycles. The number of aromatic amines is 1. The van der Waals surface area contributed by atoms with Crippen LogP contribution in [0.2, 0.25) is 0 Å². The highest BCUT2D eigenvalue weighted by atomic mass is 16.3. The molecule has 0 radical (unpaired) electrons. The van der Waals surface area contributed by atoms with Crippen molar-refractivity contribution >= 4 is 11.7 Å². The fourth-order valence-electron chi connectivity index (χ4n) is 2.01. The number of β-amino-alcohol motifs (C(OH)–C–C–N with tert-alkyl or cyclic N) is 1. The van der Waals surface area contributed by atoms with E-state index in [9.17, 15) is 9.90 Å². The second-order valence-electron chi connectivity index (χ2n) is 4.53. The zero-order valence-electron chi connectivity index (χ0n) is 9.23. The molecule has 4 N–H and O–H groups in total. The molecule has 2 heterocycles. The maximum absolute atomic E-state index is 12.0. The number of hydrogen-bond donors (Lipinski definition) is 3. The van der Waals surface area contributed by atoms with Gasteiger partial charge < -0.3 is 15.7 Å². The quantitative estimate of drug-likeness (QED) is 0.624. The Balaban J connectivity index is 2.10. The van der Waals surface area contributed by atoms with Gasteiger partial charge in [0.1, 0.15) is 11.5 Å². The van der Waals surface area contributed by atoms with Crippen molar-refractivity contribution in [1.82, 2.24) is 15.1 Å². The standard InChI is InChI=1S/C10H16N4O2/c1-10(16)3-2-4-14(6-10)9(15)7-5-8(11)13-12-7/h5,16H,2-4,6H2,1H3,(H3,11,12,13). The molecule has 1 saturated heterocycles. The summed E-state index contributed by atoms with van der Waals surface area (Å²) < 4.78 is 0. The third-order valence-electron chi connectivity index (χ3n) is 2.79. The number of likely N-dealkylation sites (tertiary alicyclic amines) is 1. The lowest BCUT2D eigenvalue weighted by Gasteiger charge is -2.36. The van der Waals surface area contributed by atoms with Crippen molar-refractivity contribution in [2.24, 2.45) is 0 Å². The van der Waals surface area contributed by atoms with E-state index in [2.05, 4.69) is 10.2 Å². The van der Waals surface area contributed by atoms with Crippen LogP contribution in [-0.4, -0.2) is 44.8 Å². The molecule has 0 saturated carbocycles. The van der Waals surface area contributed by atoms with E-state index < -0.39 is 5.60 Å². The molecule has 1 unspecified atom stereocenters. The lowest BCUT2D eigenvalue weighted by atomic mass is 9.95. The summed E-state index contributed by atoms with van der Waals surface area (Å²) >= 11 is 0. The molecule has 1 atom stereocenters. The summed E-state index contributed by atoms with van der Waals surface area (Å²) in [5, 5.41) is 16.2. The number of H-pyrrole nitrogens is 1. The van der Waals surface area contributed by atoms with Gasteiger partial charge in [-0.3, -0.25) is 9.89 Å². The second-order valence-corrected chi connectivity index (χ2v) is 4.53. The van der Waals surface area contributed by atoms with Crippen molar-refractivity contribution in [2.75, 3.05) is 18.8 Å². The van der Waals surface area contributed by atoms with Crippen molar-refractivity contribution in [2.45, 2.75) is 25.4 Å². The third kappa shape index (κ3) is 2.16. The predicted octanol–water partition coefficient (Wildman–Crippen LogP) is -0.0211. The predicted molar refractivity (Wildman–Crippen MR) is 58.8 cm³/mol. The van der Waals surface area contributed by atoms with Crippen LogP contribution in [0, 0.1) is 0 Å². The number of piperidine rings is 1. The number of nitrogens with two attached hydrogens (primary N) is 1. The number of nitrogens with zero attached hydrogens (tertiary/aromatic N) is 2. The zero-order chi connectivity index (χ0) is 11.8. The van der Waals surface area contributed by atoms with Crippen molar-refractivity contribution in [3.05, 3.63) is 11.8 Å². The van der Waals surface area contributed by atoms with E-state index in [1.807, 2.05) is 0 Å². The fourth-order valence-corrected chi connectivity index (χ4v) is 2.01. The van der Waals surface area contributed by atoms with Gasteiger partial charge in [0.15, 0.2) is 0 Å². The minimum atomic E-state index is -0.792. The molecule has 1 fully saturated rings. The minimum absolute atomic E-state index is 0.163. The summed E-state index contributed by atoms with van der Waals surface area (Å²) in [4.78, 5) is 13.6. The van der Waals surface area contributed by atoms with Crippen LogP contribution in [-0.2, 0) is 0 Å². The summed E-state index contributed by atoms with van der Waals surface area (Å²) in [5.74, 6) is 0.135. The first-order chi connectivity index (χ1) is 7.48. The molecule has 88 valence electrons. The largest absolute Gasteiger partial charge is 0.388 e. The van der Waals surface area contributed by atoms with Crippen LogP contribution in [0.25, 0.3) is 0 Å². The molecule has 1 amide bonds. The monoisotopic (exact) mass is 224 g/mol. The Kier molecular flexibility index (Phi) is 2.59. The Morgan fingerprint density at radius 1 is 1.75 bits per heavy atom. The molecule has 1 aliphatic rings. The number of amides is 1. The molecule has 2 rings (SSSR count). The van der Waals surface area contributed by atoms with Crippen LogP contribution in [0.15, 0.2) is 6.07 Å². The number of nitrogens with one attached hydrogen (secondary N) is 1. The molecule has 0 aliphatic carbocycles. The zero-order valence-corrected chi connectivity index (χ0v) is 9.23. The summed E-state index contributed by atoms with van der Waals surface area (Å²) in [6, 6.07) is 1.51. The van der Waals surface area contributed by atoms with Crippen LogP contribution in [0.5, 0.6) is 0 Å². The number of rotatable bonds is 1. The Morgan fingerprint density at radius 3 is 3.06 bits per heavy atom. The highest BCUT2D eigenvalue weighted by molar-refractivity contribution is 5.93. The Hall–Kier alpha value is -1.56. The average molecular weight is 224 g/mol. The van der Waals surface area contributed by atoms with Gasteiger partial charge in [0, 0.05) is 19.2 Å². The van der Waals surface area contributed by atoms with E-state index in [1.165, 1.54) is 6.07 Å². The SMILES string of the molecule is CC1(O)CCCN(C(=O)c2cc(N)n[nH]2)C1. The number of nitrogen functional groups attached to an aromatic ring is 1. The van der Waals surface area contributed by atoms with Gasteiger partial charge in [0.25, 0.3) is 5.91 Å². The van der Waals surface area contributed by atoms with Crippen molar-refractivity contribution in [3.8, 4) is 0 Å². The Bertz CT molecular complexity index is 399. The molecule has 6 nitrogen and oxygen atoms in total. The number of hydrogen-bond acceptors (Lipinski definition) is 4. The fraction of sp³-hybridized carbons (Fsp3) is 0.600. The summed E-state index contributed by atoms with van der Waals surface area (Å²) in [6.45, 7) is 2.76. The summed E-state index contributed by atoms with van der Waals surface area (Å²) in [5.41, 5.74) is 5.02. The van der Waals surface area contributed by atoms with Crippen molar-refractivity contribution in [3.63, 3.8) is 0 Å². The Morgan fingerprint density at radius 2 is 2.50 bits per heavy atom. The van der Waals surface area contributed by atoms with E-state index >= 15 is 0 Å². The second kappa shape index (κ2) is 3.79. The molecule has 1 aromatic rings. The van der Waals surface area contributed by atoms with Gasteiger partial charge in [0.2, 0.25) is 0 Å². The molecule has 1 aliphatic heterocycles. The van der Waals surface area contributed by atoms with E-state index in [0.29, 0.717) is 24.6 Å². The lowest BCUT2D eigenvalue weighted by Crippen LogP contribution is -2.48. The van der Waals surface area contributed by atoms with Crippen LogP contribution < -0.4 is 5.73 Å². The molecule has 16 heavy (non-hydrogen) atoms. The lowest BCUT2D eigenvalue weighted by molar-refractivity contribution is -0.0109. The molecular weight excluding hydrogens is 208 g/mol. The molecule has 0 spiro atoms. The van der Waals surface area contributed by atoms with Gasteiger partial charge in [-0.1, -0.05) is 0 Å². The first-order valence-corrected chi connectivity index (χ1v) is 5.30. The average Bonchev–Trinajstić information content (AvgIpc) is 2.62. The number of anilines is 1. The van der Waals surface area contributed by atoms with Crippen LogP contribution in [0.4, 0.5) is 5.82 Å². The first-order valence-electron chi connectivity index (χ1n) is 5.30. The third-order valence-corrected chi connectivity index (χ3v) is 2.79. The number of carbonyl (C=O) groups excluding carboxylic acids is 1. The molecular formula is C10H16N4O2. The van der Waals surface area contributed by atoms with Crippen LogP contribution in [0.1, 0.15) is 30.3 Å². The maximum atomic E-state index is 12.0. The van der Waals surface area contributed by atoms with E-state index in [-0.39, 0.29) is 5.91 Å². The molecule has 0 bridgehead atoms. The summed E-state index contributed by atoms with van der Waals surface area (Å²) in [7, 11) is 0. The number of aromatic nitrogens is 2. The van der Waals surface area contributed by atoms with Gasteiger partial charge in [-0.25, -0.2) is 0 Å². The van der Waals surface area contributed by atoms with Crippen molar-refractivity contribution < 1.29 is 9.90 Å². The van der Waals surface area contributed by atoms with Gasteiger partial charge in [0.05, 0.1) is 5.60 Å². The molecule has 6 heteroatoms. The highest BCUT2D eigenvalue weighted by Gasteiger charge is 2.31. The Labute approximate surface area is 93.4 Å². The highest BCUT2D eigenvalue weighted by Crippen LogP contribution is 2.21. The van der Waals surface area contributed by atoms with Gasteiger partial charge >= 0.3 is 0 Å². The van der Waals surface area contributed by atoms with E-state index in [1.54, 1.807) is 11.8 Å². The smallest absolute Gasteiger partial charge is 0.272 e. The van der Waals surface area contributed by atoms with Crippen LogP contribution in [0.3, 0.4) is 0 Å². The summed E-state index contributed by atoms with van der Waals surface area (Å²) in [6.07, 6.45) is 1.53. The van der Waals surface area contributed by atoms with E-state index in [0.717, 1.165) is 12.8 Å². The van der Waals surface area contributed by atoms with Gasteiger partial charge in [-0.05, 0) is 19.8 Å².